The zero-order chi connectivity index (χ0) is 12.0. The summed E-state index contributed by atoms with van der Waals surface area (Å²) in [5.74, 6) is -0.0636. The first kappa shape index (κ1) is 10.5. The fourth-order valence-corrected chi connectivity index (χ4v) is 3.22. The third-order valence-corrected chi connectivity index (χ3v) is 4.14. The molecule has 1 aromatic carbocycles. The number of phenols is 1. The first-order valence-electron chi connectivity index (χ1n) is 5.23. The number of phenolic OH excluding ortho intramolecular Hbond substituents is 1. The summed E-state index contributed by atoms with van der Waals surface area (Å²) < 4.78 is 0. The van der Waals surface area contributed by atoms with Gasteiger partial charge in [0.25, 0.3) is 5.24 Å². The second-order valence-electron chi connectivity index (χ2n) is 4.07. The van der Waals surface area contributed by atoms with Crippen LogP contribution < -0.4 is 10.6 Å². The molecule has 0 bridgehead atoms. The van der Waals surface area contributed by atoms with Crippen LogP contribution in [0.4, 0.5) is 10.5 Å². The zero-order valence-electron chi connectivity index (χ0n) is 8.77. The van der Waals surface area contributed by atoms with Crippen LogP contribution in [0.15, 0.2) is 18.2 Å². The lowest BCUT2D eigenvalue weighted by Crippen LogP contribution is -2.29. The second kappa shape index (κ2) is 3.66. The molecular weight excluding hydrogens is 240 g/mol. The second-order valence-corrected chi connectivity index (χ2v) is 5.19. The molecule has 2 heterocycles. The number of carbonyl (C=O) groups is 2. The molecule has 1 aromatic rings. The lowest BCUT2D eigenvalue weighted by Gasteiger charge is -2.13. The minimum absolute atomic E-state index is 0.0259. The van der Waals surface area contributed by atoms with Crippen molar-refractivity contribution in [2.45, 2.75) is 11.2 Å². The van der Waals surface area contributed by atoms with E-state index in [0.717, 1.165) is 23.0 Å². The molecule has 2 aliphatic heterocycles. The smallest absolute Gasteiger partial charge is 0.286 e. The highest BCUT2D eigenvalue weighted by atomic mass is 32.2. The highest BCUT2D eigenvalue weighted by molar-refractivity contribution is 8.15. The number of nitrogens with one attached hydrogen (secondary N) is 2. The Balaban J connectivity index is 1.93. The van der Waals surface area contributed by atoms with Crippen molar-refractivity contribution in [1.82, 2.24) is 5.32 Å². The number of thioether (sulfide) groups is 1. The quantitative estimate of drug-likeness (QED) is 0.699. The number of benzene rings is 1. The number of hydrogen-bond donors (Lipinski definition) is 3. The van der Waals surface area contributed by atoms with Crippen LogP contribution in [0, 0.1) is 0 Å². The molecule has 6 heteroatoms. The Bertz CT molecular complexity index is 517. The molecule has 3 N–H and O–H groups in total. The molecule has 2 atom stereocenters. The Hall–Kier alpha value is -1.69. The number of amides is 2. The number of imide groups is 1. The molecule has 0 saturated carbocycles. The number of carbonyl (C=O) groups excluding carboxylic acids is 2. The first-order chi connectivity index (χ1) is 8.15. The molecule has 5 nitrogen and oxygen atoms in total. The highest BCUT2D eigenvalue weighted by Gasteiger charge is 2.41. The molecule has 0 aliphatic carbocycles. The van der Waals surface area contributed by atoms with Crippen molar-refractivity contribution in [3.8, 4) is 5.75 Å². The molecule has 0 radical (unpaired) electrons. The van der Waals surface area contributed by atoms with Gasteiger partial charge in [0.15, 0.2) is 0 Å². The SMILES string of the molecule is O=C1NC(=O)C(C2CNc3cc(O)ccc32)S1. The maximum atomic E-state index is 11.6. The average molecular weight is 250 g/mol. The van der Waals surface area contributed by atoms with Gasteiger partial charge in [-0.2, -0.15) is 0 Å². The molecule has 2 amide bonds. The van der Waals surface area contributed by atoms with Crippen molar-refractivity contribution < 1.29 is 14.7 Å². The minimum Gasteiger partial charge on any atom is -0.508 e. The molecule has 0 aromatic heterocycles. The summed E-state index contributed by atoms with van der Waals surface area (Å²) >= 11 is 1.04. The van der Waals surface area contributed by atoms with Crippen molar-refractivity contribution in [1.29, 1.82) is 0 Å². The van der Waals surface area contributed by atoms with Gasteiger partial charge in [-0.25, -0.2) is 0 Å². The molecular formula is C11H10N2O3S. The average Bonchev–Trinajstić information content (AvgIpc) is 2.81. The normalized spacial score (nSPS) is 26.6. The van der Waals surface area contributed by atoms with E-state index in [1.54, 1.807) is 18.2 Å². The van der Waals surface area contributed by atoms with Crippen LogP contribution in [0.3, 0.4) is 0 Å². The maximum absolute atomic E-state index is 11.6. The van der Waals surface area contributed by atoms with Gasteiger partial charge in [-0.3, -0.25) is 14.9 Å². The molecule has 2 unspecified atom stereocenters. The molecule has 2 aliphatic rings. The predicted molar refractivity (Wildman–Crippen MR) is 64.3 cm³/mol. The topological polar surface area (TPSA) is 78.4 Å². The Morgan fingerprint density at radius 2 is 2.18 bits per heavy atom. The molecule has 1 saturated heterocycles. The summed E-state index contributed by atoms with van der Waals surface area (Å²) in [5.41, 5.74) is 1.81. The molecule has 0 spiro atoms. The van der Waals surface area contributed by atoms with Crippen LogP contribution in [-0.4, -0.2) is 28.0 Å². The van der Waals surface area contributed by atoms with Crippen LogP contribution in [0.2, 0.25) is 0 Å². The Morgan fingerprint density at radius 1 is 1.35 bits per heavy atom. The van der Waals surface area contributed by atoms with Gasteiger partial charge in [0.2, 0.25) is 5.91 Å². The summed E-state index contributed by atoms with van der Waals surface area (Å²) in [6.45, 7) is 0.608. The van der Waals surface area contributed by atoms with Gasteiger partial charge in [0.05, 0.1) is 0 Å². The van der Waals surface area contributed by atoms with E-state index in [4.69, 9.17) is 0 Å². The summed E-state index contributed by atoms with van der Waals surface area (Å²) in [7, 11) is 0. The molecule has 88 valence electrons. The number of fused-ring (bicyclic) bond motifs is 1. The van der Waals surface area contributed by atoms with E-state index in [0.29, 0.717) is 6.54 Å². The Labute approximate surface area is 102 Å². The number of aromatic hydroxyl groups is 1. The van der Waals surface area contributed by atoms with Crippen LogP contribution in [-0.2, 0) is 4.79 Å². The predicted octanol–water partition coefficient (Wildman–Crippen LogP) is 1.25. The standard InChI is InChI=1S/C11H10N2O3S/c14-5-1-2-6-7(4-12-8(6)3-5)9-10(15)13-11(16)17-9/h1-3,7,9,12,14H,4H2,(H,13,15,16). The largest absolute Gasteiger partial charge is 0.508 e. The lowest BCUT2D eigenvalue weighted by molar-refractivity contribution is -0.119. The van der Waals surface area contributed by atoms with Crippen molar-refractivity contribution in [2.24, 2.45) is 0 Å². The summed E-state index contributed by atoms with van der Waals surface area (Å²) in [6.07, 6.45) is 0. The van der Waals surface area contributed by atoms with Crippen LogP contribution in [0.25, 0.3) is 0 Å². The van der Waals surface area contributed by atoms with Crippen LogP contribution >= 0.6 is 11.8 Å². The van der Waals surface area contributed by atoms with Crippen LogP contribution in [0.5, 0.6) is 5.75 Å². The van der Waals surface area contributed by atoms with Crippen molar-refractivity contribution in [3.63, 3.8) is 0 Å². The van der Waals surface area contributed by atoms with Gasteiger partial charge in [-0.15, -0.1) is 0 Å². The number of rotatable bonds is 1. The van der Waals surface area contributed by atoms with E-state index in [-0.39, 0.29) is 28.1 Å². The van der Waals surface area contributed by atoms with E-state index in [1.807, 2.05) is 0 Å². The monoisotopic (exact) mass is 250 g/mol. The molecule has 1 fully saturated rings. The van der Waals surface area contributed by atoms with Gasteiger partial charge < -0.3 is 10.4 Å². The van der Waals surface area contributed by atoms with E-state index in [2.05, 4.69) is 10.6 Å². The highest BCUT2D eigenvalue weighted by Crippen LogP contribution is 2.41. The van der Waals surface area contributed by atoms with Crippen molar-refractivity contribution in [2.75, 3.05) is 11.9 Å². The van der Waals surface area contributed by atoms with Crippen LogP contribution in [0.1, 0.15) is 11.5 Å². The van der Waals surface area contributed by atoms with Gasteiger partial charge in [0.1, 0.15) is 11.0 Å². The van der Waals surface area contributed by atoms with E-state index in [9.17, 15) is 14.7 Å². The van der Waals surface area contributed by atoms with Crippen molar-refractivity contribution >= 4 is 28.6 Å². The minimum atomic E-state index is -0.374. The summed E-state index contributed by atoms with van der Waals surface area (Å²) in [4.78, 5) is 22.8. The number of hydrogen-bond acceptors (Lipinski definition) is 5. The fraction of sp³-hybridized carbons (Fsp3) is 0.273. The maximum Gasteiger partial charge on any atom is 0.286 e. The number of anilines is 1. The van der Waals surface area contributed by atoms with Gasteiger partial charge in [-0.05, 0) is 11.6 Å². The Morgan fingerprint density at radius 3 is 2.88 bits per heavy atom. The molecule has 17 heavy (non-hydrogen) atoms. The zero-order valence-corrected chi connectivity index (χ0v) is 9.58. The third-order valence-electron chi connectivity index (χ3n) is 3.03. The fourth-order valence-electron chi connectivity index (χ4n) is 2.26. The van der Waals surface area contributed by atoms with Gasteiger partial charge in [0, 0.05) is 24.2 Å². The third kappa shape index (κ3) is 1.64. The summed E-state index contributed by atoms with van der Waals surface area (Å²) in [6, 6.07) is 5.03. The van der Waals surface area contributed by atoms with Gasteiger partial charge >= 0.3 is 0 Å². The molecule has 3 rings (SSSR count). The van der Waals surface area contributed by atoms with E-state index < -0.39 is 0 Å². The van der Waals surface area contributed by atoms with Gasteiger partial charge in [-0.1, -0.05) is 17.8 Å². The Kier molecular flexibility index (Phi) is 2.25. The lowest BCUT2D eigenvalue weighted by atomic mass is 9.97. The first-order valence-corrected chi connectivity index (χ1v) is 6.11. The summed E-state index contributed by atoms with van der Waals surface area (Å²) in [5, 5.41) is 14.1. The van der Waals surface area contributed by atoms with Crippen molar-refractivity contribution in [3.05, 3.63) is 23.8 Å². The van der Waals surface area contributed by atoms with E-state index in [1.165, 1.54) is 0 Å². The van der Waals surface area contributed by atoms with E-state index >= 15 is 0 Å².